The van der Waals surface area contributed by atoms with Crippen LogP contribution in [0.3, 0.4) is 0 Å². The number of hydrogen-bond donors (Lipinski definition) is 1. The Bertz CT molecular complexity index is 853. The van der Waals surface area contributed by atoms with Gasteiger partial charge in [-0.2, -0.15) is 0 Å². The molecule has 0 aromatic heterocycles. The summed E-state index contributed by atoms with van der Waals surface area (Å²) >= 11 is 0. The molecule has 1 aromatic carbocycles. The number of aliphatic hydroxyl groups excluding tert-OH is 1. The molecule has 0 saturated heterocycles. The van der Waals surface area contributed by atoms with E-state index in [2.05, 4.69) is 32.2 Å². The fraction of sp³-hybridized carbons (Fsp3) is 0.600. The molecule has 0 bridgehead atoms. The Labute approximate surface area is 221 Å². The molecule has 7 nitrogen and oxygen atoms in total. The molecule has 1 aliphatic carbocycles. The van der Waals surface area contributed by atoms with E-state index in [1.165, 1.54) is 24.8 Å². The molecular weight excluding hydrogens is 472 g/mol. The van der Waals surface area contributed by atoms with Gasteiger partial charge in [-0.1, -0.05) is 45.1 Å². The quantitative estimate of drug-likeness (QED) is 0.173. The molecule has 0 amide bonds. The molecule has 1 aromatic rings. The maximum atomic E-state index is 11.9. The van der Waals surface area contributed by atoms with Gasteiger partial charge in [0.25, 0.3) is 0 Å². The summed E-state index contributed by atoms with van der Waals surface area (Å²) in [5.41, 5.74) is 1.67. The van der Waals surface area contributed by atoms with Gasteiger partial charge in [-0.05, 0) is 69.1 Å². The number of benzene rings is 1. The fourth-order valence-corrected chi connectivity index (χ4v) is 4.41. The van der Waals surface area contributed by atoms with Gasteiger partial charge in [0, 0.05) is 11.5 Å². The fourth-order valence-electron chi connectivity index (χ4n) is 4.41. The number of aryl methyl sites for hydroxylation is 1. The van der Waals surface area contributed by atoms with Crippen molar-refractivity contribution in [3.05, 3.63) is 54.1 Å². The lowest BCUT2D eigenvalue weighted by Crippen LogP contribution is -2.33. The van der Waals surface area contributed by atoms with E-state index < -0.39 is 18.5 Å². The van der Waals surface area contributed by atoms with Crippen LogP contribution in [0.4, 0.5) is 0 Å². The van der Waals surface area contributed by atoms with E-state index in [-0.39, 0.29) is 36.7 Å². The number of rotatable bonds is 17. The number of aliphatic hydroxyl groups is 1. The first-order chi connectivity index (χ1) is 17.8. The summed E-state index contributed by atoms with van der Waals surface area (Å²) in [6.07, 6.45) is 8.46. The van der Waals surface area contributed by atoms with Crippen LogP contribution >= 0.6 is 0 Å². The van der Waals surface area contributed by atoms with Gasteiger partial charge in [0.2, 0.25) is 0 Å². The second kappa shape index (κ2) is 17.0. The lowest BCUT2D eigenvalue weighted by Gasteiger charge is -2.33. The molecule has 0 spiro atoms. The molecule has 0 radical (unpaired) electrons. The highest BCUT2D eigenvalue weighted by molar-refractivity contribution is 5.88. The van der Waals surface area contributed by atoms with Crippen molar-refractivity contribution in [3.8, 4) is 5.75 Å². The van der Waals surface area contributed by atoms with E-state index in [0.29, 0.717) is 18.8 Å². The third-order valence-electron chi connectivity index (χ3n) is 6.77. The second-order valence-corrected chi connectivity index (χ2v) is 9.86. The van der Waals surface area contributed by atoms with Gasteiger partial charge in [-0.3, -0.25) is 0 Å². The molecule has 1 unspecified atom stereocenters. The predicted molar refractivity (Wildman–Crippen MR) is 143 cm³/mol. The number of carbonyl (C=O) groups is 2. The van der Waals surface area contributed by atoms with Crippen LogP contribution in [0.5, 0.6) is 5.75 Å². The average molecular weight is 517 g/mol. The minimum atomic E-state index is -0.637. The van der Waals surface area contributed by atoms with Gasteiger partial charge < -0.3 is 24.1 Å². The van der Waals surface area contributed by atoms with Crippen LogP contribution < -0.4 is 4.74 Å². The number of ether oxygens (including phenoxy) is 4. The zero-order valence-corrected chi connectivity index (χ0v) is 22.5. The lowest BCUT2D eigenvalue weighted by molar-refractivity contribution is -0.146. The zero-order chi connectivity index (χ0) is 27.0. The molecule has 1 fully saturated rings. The minimum Gasteiger partial charge on any atom is -0.491 e. The van der Waals surface area contributed by atoms with Gasteiger partial charge in [0.1, 0.15) is 12.4 Å². The van der Waals surface area contributed by atoms with Crippen LogP contribution in [0.1, 0.15) is 64.4 Å². The van der Waals surface area contributed by atoms with E-state index in [4.69, 9.17) is 24.1 Å². The van der Waals surface area contributed by atoms with Crippen molar-refractivity contribution in [1.29, 1.82) is 0 Å². The van der Waals surface area contributed by atoms with Crippen molar-refractivity contribution >= 4 is 11.9 Å². The van der Waals surface area contributed by atoms with Crippen molar-refractivity contribution in [2.45, 2.75) is 71.3 Å². The first-order valence-corrected chi connectivity index (χ1v) is 13.5. The van der Waals surface area contributed by atoms with Crippen molar-refractivity contribution < 1.29 is 33.6 Å². The molecule has 2 rings (SSSR count). The van der Waals surface area contributed by atoms with Crippen molar-refractivity contribution in [2.75, 3.05) is 33.0 Å². The molecule has 1 N–H and O–H groups in total. The van der Waals surface area contributed by atoms with Crippen LogP contribution in [-0.4, -0.2) is 56.2 Å². The van der Waals surface area contributed by atoms with Crippen molar-refractivity contribution in [3.63, 3.8) is 0 Å². The third kappa shape index (κ3) is 11.5. The standard InChI is InChI=1S/C30H44O7/c1-5-6-7-8-24-9-13-27(14-10-24)34-17-18-35-28-15-11-25(12-16-28)26(20-36-29(32)22(2)3)21-37-30(33)23(4)19-31/h9-10,13-14,25-26,28,31H,2,4-8,11-12,15-21H2,1,3H3. The Morgan fingerprint density at radius 3 is 2.22 bits per heavy atom. The molecule has 7 heteroatoms. The molecular formula is C30H44O7. The van der Waals surface area contributed by atoms with E-state index in [1.807, 2.05) is 12.1 Å². The first-order valence-electron chi connectivity index (χ1n) is 13.5. The summed E-state index contributed by atoms with van der Waals surface area (Å²) in [6.45, 7) is 11.7. The van der Waals surface area contributed by atoms with E-state index in [0.717, 1.165) is 37.9 Å². The number of hydrogen-bond acceptors (Lipinski definition) is 7. The van der Waals surface area contributed by atoms with Crippen LogP contribution in [0.2, 0.25) is 0 Å². The highest BCUT2D eigenvalue weighted by atomic mass is 16.5. The molecule has 0 aliphatic heterocycles. The summed E-state index contributed by atoms with van der Waals surface area (Å²) < 4.78 is 22.6. The average Bonchev–Trinajstić information content (AvgIpc) is 2.91. The monoisotopic (exact) mass is 516 g/mol. The smallest absolute Gasteiger partial charge is 0.335 e. The molecule has 206 valence electrons. The zero-order valence-electron chi connectivity index (χ0n) is 22.5. The molecule has 1 saturated carbocycles. The van der Waals surface area contributed by atoms with Crippen molar-refractivity contribution in [1.82, 2.24) is 0 Å². The largest absolute Gasteiger partial charge is 0.491 e. The maximum absolute atomic E-state index is 11.9. The van der Waals surface area contributed by atoms with E-state index in [9.17, 15) is 9.59 Å². The van der Waals surface area contributed by atoms with Gasteiger partial charge in [-0.15, -0.1) is 0 Å². The number of unbranched alkanes of at least 4 members (excludes halogenated alkanes) is 2. The topological polar surface area (TPSA) is 91.3 Å². The van der Waals surface area contributed by atoms with Gasteiger partial charge in [-0.25, -0.2) is 9.59 Å². The van der Waals surface area contributed by atoms with Gasteiger partial charge in [0.15, 0.2) is 0 Å². The molecule has 0 heterocycles. The Kier molecular flexibility index (Phi) is 14.0. The minimum absolute atomic E-state index is 0.0000697. The second-order valence-electron chi connectivity index (χ2n) is 9.86. The van der Waals surface area contributed by atoms with Gasteiger partial charge in [0.05, 0.1) is 38.1 Å². The summed E-state index contributed by atoms with van der Waals surface area (Å²) in [4.78, 5) is 23.8. The summed E-state index contributed by atoms with van der Waals surface area (Å²) in [6, 6.07) is 8.31. The molecule has 1 aliphatic rings. The Balaban J connectivity index is 1.73. The Morgan fingerprint density at radius 2 is 1.62 bits per heavy atom. The van der Waals surface area contributed by atoms with Crippen LogP contribution in [-0.2, 0) is 30.2 Å². The Morgan fingerprint density at radius 1 is 0.973 bits per heavy atom. The summed E-state index contributed by atoms with van der Waals surface area (Å²) in [7, 11) is 0. The highest BCUT2D eigenvalue weighted by Crippen LogP contribution is 2.32. The number of carbonyl (C=O) groups excluding carboxylic acids is 2. The SMILES string of the molecule is C=C(C)C(=O)OCC(COC(=O)C(=C)CO)C1CCC(OCCOc2ccc(CCCCC)cc2)CC1. The lowest BCUT2D eigenvalue weighted by atomic mass is 9.79. The summed E-state index contributed by atoms with van der Waals surface area (Å²) in [5.74, 6) is -0.161. The highest BCUT2D eigenvalue weighted by Gasteiger charge is 2.30. The maximum Gasteiger partial charge on any atom is 0.335 e. The van der Waals surface area contributed by atoms with Crippen molar-refractivity contribution in [2.24, 2.45) is 11.8 Å². The normalized spacial score (nSPS) is 18.0. The third-order valence-corrected chi connectivity index (χ3v) is 6.77. The molecule has 1 atom stereocenters. The summed E-state index contributed by atoms with van der Waals surface area (Å²) in [5, 5.41) is 9.08. The predicted octanol–water partition coefficient (Wildman–Crippen LogP) is 5.20. The number of esters is 2. The van der Waals surface area contributed by atoms with Crippen LogP contribution in [0, 0.1) is 11.8 Å². The Hall–Kier alpha value is -2.64. The van der Waals surface area contributed by atoms with Gasteiger partial charge >= 0.3 is 11.9 Å². The molecule has 37 heavy (non-hydrogen) atoms. The van der Waals surface area contributed by atoms with E-state index in [1.54, 1.807) is 6.92 Å². The van der Waals surface area contributed by atoms with E-state index >= 15 is 0 Å². The first kappa shape index (κ1) is 30.6. The van der Waals surface area contributed by atoms with Crippen LogP contribution in [0.15, 0.2) is 48.6 Å². The van der Waals surface area contributed by atoms with Crippen LogP contribution in [0.25, 0.3) is 0 Å².